The summed E-state index contributed by atoms with van der Waals surface area (Å²) in [6, 6.07) is 15.9. The molecule has 0 aliphatic rings. The third-order valence-corrected chi connectivity index (χ3v) is 3.01. The maximum atomic E-state index is 12.0. The van der Waals surface area contributed by atoms with E-state index >= 15 is 0 Å². The Morgan fingerprint density at radius 2 is 1.90 bits per heavy atom. The molecule has 0 fully saturated rings. The monoisotopic (exact) mass is 266 g/mol. The molecule has 0 bridgehead atoms. The van der Waals surface area contributed by atoms with Crippen LogP contribution in [-0.4, -0.2) is 11.0 Å². The molecule has 100 valence electrons. The number of carbonyl (C=O) groups excluding carboxylic acids is 1. The van der Waals surface area contributed by atoms with Crippen molar-refractivity contribution in [3.63, 3.8) is 0 Å². The molecule has 4 heteroatoms. The number of benzene rings is 2. The first kappa shape index (κ1) is 13.8. The zero-order chi connectivity index (χ0) is 14.5. The van der Waals surface area contributed by atoms with E-state index in [9.17, 15) is 9.90 Å². The maximum absolute atomic E-state index is 12.0. The standard InChI is InChI=1S/C16H14N2O2/c1-11-6-5-9-14(13(11)10-17)18-16(20)15(19)12-7-3-2-4-8-12/h2-9,15,19H,1H3,(H,18,20). The Labute approximate surface area is 117 Å². The molecule has 1 amide bonds. The highest BCUT2D eigenvalue weighted by atomic mass is 16.3. The molecule has 20 heavy (non-hydrogen) atoms. The van der Waals surface area contributed by atoms with Crippen molar-refractivity contribution < 1.29 is 9.90 Å². The lowest BCUT2D eigenvalue weighted by molar-refractivity contribution is -0.124. The first-order valence-corrected chi connectivity index (χ1v) is 6.17. The summed E-state index contributed by atoms with van der Waals surface area (Å²) < 4.78 is 0. The van der Waals surface area contributed by atoms with E-state index in [1.54, 1.807) is 49.4 Å². The van der Waals surface area contributed by atoms with E-state index in [4.69, 9.17) is 5.26 Å². The van der Waals surface area contributed by atoms with Gasteiger partial charge in [0.05, 0.1) is 11.3 Å². The first-order valence-electron chi connectivity index (χ1n) is 6.17. The van der Waals surface area contributed by atoms with Crippen LogP contribution in [0.3, 0.4) is 0 Å². The van der Waals surface area contributed by atoms with E-state index in [0.29, 0.717) is 16.8 Å². The average Bonchev–Trinajstić information content (AvgIpc) is 2.47. The van der Waals surface area contributed by atoms with Crippen molar-refractivity contribution in [2.45, 2.75) is 13.0 Å². The van der Waals surface area contributed by atoms with Crippen LogP contribution in [0.25, 0.3) is 0 Å². The van der Waals surface area contributed by atoms with Gasteiger partial charge in [-0.15, -0.1) is 0 Å². The number of anilines is 1. The average molecular weight is 266 g/mol. The summed E-state index contributed by atoms with van der Waals surface area (Å²) in [6.45, 7) is 1.79. The van der Waals surface area contributed by atoms with Gasteiger partial charge in [-0.2, -0.15) is 5.26 Å². The third kappa shape index (κ3) is 2.85. The summed E-state index contributed by atoms with van der Waals surface area (Å²) in [7, 11) is 0. The number of hydrogen-bond donors (Lipinski definition) is 2. The predicted octanol–water partition coefficient (Wildman–Crippen LogP) is 2.54. The molecule has 0 saturated carbocycles. The van der Waals surface area contributed by atoms with Gasteiger partial charge in [-0.1, -0.05) is 42.5 Å². The summed E-state index contributed by atoms with van der Waals surface area (Å²) in [4.78, 5) is 12.0. The Bertz CT molecular complexity index is 660. The normalized spacial score (nSPS) is 11.4. The van der Waals surface area contributed by atoms with Crippen LogP contribution in [0, 0.1) is 18.3 Å². The van der Waals surface area contributed by atoms with Crippen LogP contribution in [0.2, 0.25) is 0 Å². The molecule has 2 N–H and O–H groups in total. The number of rotatable bonds is 3. The Morgan fingerprint density at radius 3 is 2.55 bits per heavy atom. The number of nitrogens with zero attached hydrogens (tertiary/aromatic N) is 1. The molecule has 1 atom stereocenters. The molecule has 2 rings (SSSR count). The van der Waals surface area contributed by atoms with Gasteiger partial charge in [0, 0.05) is 0 Å². The summed E-state index contributed by atoms with van der Waals surface area (Å²) in [5.74, 6) is -0.557. The first-order chi connectivity index (χ1) is 9.63. The van der Waals surface area contributed by atoms with Crippen molar-refractivity contribution in [3.05, 3.63) is 65.2 Å². The zero-order valence-corrected chi connectivity index (χ0v) is 11.0. The molecular formula is C16H14N2O2. The molecule has 0 aliphatic carbocycles. The summed E-state index contributed by atoms with van der Waals surface area (Å²) in [5.41, 5.74) is 2.10. The minimum absolute atomic E-state index is 0.404. The molecule has 0 radical (unpaired) electrons. The molecule has 0 aliphatic heterocycles. The molecule has 1 unspecified atom stereocenters. The van der Waals surface area contributed by atoms with Crippen LogP contribution in [0.4, 0.5) is 5.69 Å². The highest BCUT2D eigenvalue weighted by molar-refractivity contribution is 5.95. The van der Waals surface area contributed by atoms with E-state index in [-0.39, 0.29) is 0 Å². The Kier molecular flexibility index (Phi) is 4.14. The summed E-state index contributed by atoms with van der Waals surface area (Å²) in [6.07, 6.45) is -1.26. The predicted molar refractivity (Wildman–Crippen MR) is 75.9 cm³/mol. The van der Waals surface area contributed by atoms with Crippen molar-refractivity contribution in [3.8, 4) is 6.07 Å². The van der Waals surface area contributed by atoms with Crippen LogP contribution < -0.4 is 5.32 Å². The van der Waals surface area contributed by atoms with Gasteiger partial charge in [0.1, 0.15) is 6.07 Å². The van der Waals surface area contributed by atoms with E-state index in [0.717, 1.165) is 5.56 Å². The largest absolute Gasteiger partial charge is 0.378 e. The van der Waals surface area contributed by atoms with Crippen LogP contribution in [0.15, 0.2) is 48.5 Å². The molecule has 0 heterocycles. The number of aliphatic hydroxyl groups is 1. The second-order valence-corrected chi connectivity index (χ2v) is 4.41. The SMILES string of the molecule is Cc1cccc(NC(=O)C(O)c2ccccc2)c1C#N. The molecule has 0 spiro atoms. The van der Waals surface area contributed by atoms with Gasteiger partial charge < -0.3 is 10.4 Å². The van der Waals surface area contributed by atoms with Crippen LogP contribution in [0.1, 0.15) is 22.8 Å². The minimum atomic E-state index is -1.26. The van der Waals surface area contributed by atoms with Crippen molar-refractivity contribution >= 4 is 11.6 Å². The van der Waals surface area contributed by atoms with Crippen LogP contribution in [0.5, 0.6) is 0 Å². The molecule has 2 aromatic rings. The van der Waals surface area contributed by atoms with Gasteiger partial charge in [0.15, 0.2) is 6.10 Å². The number of hydrogen-bond acceptors (Lipinski definition) is 3. The molecule has 0 aromatic heterocycles. The van der Waals surface area contributed by atoms with Gasteiger partial charge >= 0.3 is 0 Å². The fraction of sp³-hybridized carbons (Fsp3) is 0.125. The van der Waals surface area contributed by atoms with Crippen LogP contribution in [-0.2, 0) is 4.79 Å². The number of aliphatic hydroxyl groups excluding tert-OH is 1. The van der Waals surface area contributed by atoms with E-state index < -0.39 is 12.0 Å². The molecular weight excluding hydrogens is 252 g/mol. The molecule has 0 saturated heterocycles. The van der Waals surface area contributed by atoms with Gasteiger partial charge in [-0.05, 0) is 24.1 Å². The Hall–Kier alpha value is -2.64. The van der Waals surface area contributed by atoms with Gasteiger partial charge in [0.2, 0.25) is 0 Å². The van der Waals surface area contributed by atoms with Crippen molar-refractivity contribution in [1.29, 1.82) is 5.26 Å². The van der Waals surface area contributed by atoms with Gasteiger partial charge in [-0.25, -0.2) is 0 Å². The topological polar surface area (TPSA) is 73.1 Å². The fourth-order valence-corrected chi connectivity index (χ4v) is 1.91. The molecule has 2 aromatic carbocycles. The van der Waals surface area contributed by atoms with E-state index in [2.05, 4.69) is 11.4 Å². The lowest BCUT2D eigenvalue weighted by atomic mass is 10.1. The van der Waals surface area contributed by atoms with Crippen molar-refractivity contribution in [1.82, 2.24) is 0 Å². The Morgan fingerprint density at radius 1 is 1.20 bits per heavy atom. The number of nitrogens with one attached hydrogen (secondary N) is 1. The third-order valence-electron chi connectivity index (χ3n) is 3.01. The van der Waals surface area contributed by atoms with E-state index in [1.165, 1.54) is 0 Å². The Balaban J connectivity index is 2.21. The van der Waals surface area contributed by atoms with Gasteiger partial charge in [0.25, 0.3) is 5.91 Å². The lowest BCUT2D eigenvalue weighted by Gasteiger charge is -2.13. The van der Waals surface area contributed by atoms with E-state index in [1.807, 2.05) is 6.07 Å². The lowest BCUT2D eigenvalue weighted by Crippen LogP contribution is -2.21. The number of nitriles is 1. The number of amides is 1. The molecule has 4 nitrogen and oxygen atoms in total. The maximum Gasteiger partial charge on any atom is 0.257 e. The number of carbonyl (C=O) groups is 1. The zero-order valence-electron chi connectivity index (χ0n) is 11.0. The fourth-order valence-electron chi connectivity index (χ4n) is 1.91. The summed E-state index contributed by atoms with van der Waals surface area (Å²) >= 11 is 0. The van der Waals surface area contributed by atoms with Crippen LogP contribution >= 0.6 is 0 Å². The second-order valence-electron chi connectivity index (χ2n) is 4.41. The second kappa shape index (κ2) is 6.00. The van der Waals surface area contributed by atoms with Gasteiger partial charge in [-0.3, -0.25) is 4.79 Å². The summed E-state index contributed by atoms with van der Waals surface area (Å²) in [5, 5.41) is 21.7. The number of aryl methyl sites for hydroxylation is 1. The highest BCUT2D eigenvalue weighted by Gasteiger charge is 2.18. The smallest absolute Gasteiger partial charge is 0.257 e. The minimum Gasteiger partial charge on any atom is -0.378 e. The van der Waals surface area contributed by atoms with Crippen molar-refractivity contribution in [2.75, 3.05) is 5.32 Å². The van der Waals surface area contributed by atoms with Crippen molar-refractivity contribution in [2.24, 2.45) is 0 Å². The highest BCUT2D eigenvalue weighted by Crippen LogP contribution is 2.21. The quantitative estimate of drug-likeness (QED) is 0.896.